The van der Waals surface area contributed by atoms with Crippen molar-refractivity contribution in [2.24, 2.45) is 0 Å². The molecule has 1 atom stereocenters. The van der Waals surface area contributed by atoms with E-state index in [1.165, 1.54) is 0 Å². The van der Waals surface area contributed by atoms with E-state index in [0.29, 0.717) is 18.1 Å². The number of esters is 1. The molecule has 0 spiro atoms. The number of nitrogens with one attached hydrogen (secondary N) is 1. The Morgan fingerprint density at radius 1 is 1.24 bits per heavy atom. The summed E-state index contributed by atoms with van der Waals surface area (Å²) in [6.07, 6.45) is 1.92. The minimum atomic E-state index is -0.226. The molecule has 0 amide bonds. The van der Waals surface area contributed by atoms with Crippen LogP contribution in [0.1, 0.15) is 38.3 Å². The third-order valence-corrected chi connectivity index (χ3v) is 3.22. The molecule has 21 heavy (non-hydrogen) atoms. The Morgan fingerprint density at radius 3 is 2.57 bits per heavy atom. The van der Waals surface area contributed by atoms with Crippen LogP contribution >= 0.6 is 0 Å². The van der Waals surface area contributed by atoms with E-state index in [4.69, 9.17) is 14.2 Å². The number of methoxy groups -OCH3 is 2. The first-order valence-electron chi connectivity index (χ1n) is 7.23. The predicted octanol–water partition coefficient (Wildman–Crippen LogP) is 2.70. The summed E-state index contributed by atoms with van der Waals surface area (Å²) >= 11 is 0. The van der Waals surface area contributed by atoms with Gasteiger partial charge in [0.2, 0.25) is 0 Å². The van der Waals surface area contributed by atoms with Crippen LogP contribution in [0.3, 0.4) is 0 Å². The molecule has 1 aromatic rings. The molecular formula is C16H25NO4. The maximum atomic E-state index is 11.5. The monoisotopic (exact) mass is 295 g/mol. The van der Waals surface area contributed by atoms with Crippen molar-refractivity contribution in [2.45, 2.75) is 32.7 Å². The van der Waals surface area contributed by atoms with Gasteiger partial charge >= 0.3 is 5.97 Å². The van der Waals surface area contributed by atoms with E-state index in [1.54, 1.807) is 14.2 Å². The van der Waals surface area contributed by atoms with Gasteiger partial charge in [-0.05, 0) is 31.0 Å². The molecule has 1 rings (SSSR count). The first-order valence-corrected chi connectivity index (χ1v) is 7.23. The average Bonchev–Trinajstić information content (AvgIpc) is 2.52. The van der Waals surface area contributed by atoms with Gasteiger partial charge in [0.25, 0.3) is 0 Å². The fourth-order valence-corrected chi connectivity index (χ4v) is 1.86. The fraction of sp³-hybridized carbons (Fsp3) is 0.562. The molecule has 0 bridgehead atoms. The number of unbranched alkanes of at least 4 members (excludes halogenated alkanes) is 1. The van der Waals surface area contributed by atoms with Gasteiger partial charge < -0.3 is 19.5 Å². The lowest BCUT2D eigenvalue weighted by molar-refractivity contribution is -0.142. The maximum Gasteiger partial charge on any atom is 0.319 e. The molecule has 5 nitrogen and oxygen atoms in total. The molecule has 0 aromatic heterocycles. The van der Waals surface area contributed by atoms with Crippen LogP contribution in [0.4, 0.5) is 0 Å². The first kappa shape index (κ1) is 17.3. The number of hydrogen-bond donors (Lipinski definition) is 1. The SMILES string of the molecule is CCCCOC(=O)CNC(C)c1ccc(OC)c(OC)c1. The predicted molar refractivity (Wildman–Crippen MR) is 81.8 cm³/mol. The van der Waals surface area contributed by atoms with Crippen LogP contribution in [0.5, 0.6) is 11.5 Å². The minimum absolute atomic E-state index is 0.0172. The molecule has 118 valence electrons. The lowest BCUT2D eigenvalue weighted by Gasteiger charge is -2.16. The molecule has 1 aromatic carbocycles. The Bertz CT molecular complexity index is 448. The van der Waals surface area contributed by atoms with E-state index >= 15 is 0 Å². The first-order chi connectivity index (χ1) is 10.1. The van der Waals surface area contributed by atoms with Crippen molar-refractivity contribution in [3.63, 3.8) is 0 Å². The van der Waals surface area contributed by atoms with Crippen molar-refractivity contribution in [3.8, 4) is 11.5 Å². The summed E-state index contributed by atoms with van der Waals surface area (Å²) in [5.41, 5.74) is 1.02. The van der Waals surface area contributed by atoms with Crippen LogP contribution in [0, 0.1) is 0 Å². The third-order valence-electron chi connectivity index (χ3n) is 3.22. The second-order valence-electron chi connectivity index (χ2n) is 4.79. The summed E-state index contributed by atoms with van der Waals surface area (Å²) in [6, 6.07) is 5.72. The van der Waals surface area contributed by atoms with E-state index in [2.05, 4.69) is 12.2 Å². The average molecular weight is 295 g/mol. The van der Waals surface area contributed by atoms with Crippen molar-refractivity contribution in [2.75, 3.05) is 27.4 Å². The molecule has 0 saturated heterocycles. The molecule has 0 fully saturated rings. The van der Waals surface area contributed by atoms with Crippen LogP contribution in [0.25, 0.3) is 0 Å². The molecule has 0 aliphatic heterocycles. The molecule has 0 heterocycles. The number of carbonyl (C=O) groups excluding carboxylic acids is 1. The van der Waals surface area contributed by atoms with E-state index < -0.39 is 0 Å². The van der Waals surface area contributed by atoms with Crippen molar-refractivity contribution < 1.29 is 19.0 Å². The normalized spacial score (nSPS) is 11.8. The van der Waals surface area contributed by atoms with Gasteiger partial charge in [-0.1, -0.05) is 19.4 Å². The Balaban J connectivity index is 2.51. The van der Waals surface area contributed by atoms with Crippen LogP contribution < -0.4 is 14.8 Å². The second-order valence-corrected chi connectivity index (χ2v) is 4.79. The molecule has 0 aliphatic rings. The summed E-state index contributed by atoms with van der Waals surface area (Å²) in [6.45, 7) is 4.73. The molecule has 5 heteroatoms. The third kappa shape index (κ3) is 5.63. The zero-order valence-electron chi connectivity index (χ0n) is 13.3. The zero-order valence-corrected chi connectivity index (χ0v) is 13.3. The number of ether oxygens (including phenoxy) is 3. The Hall–Kier alpha value is -1.75. The highest BCUT2D eigenvalue weighted by atomic mass is 16.5. The topological polar surface area (TPSA) is 56.8 Å². The van der Waals surface area contributed by atoms with E-state index in [0.717, 1.165) is 18.4 Å². The van der Waals surface area contributed by atoms with Gasteiger partial charge in [0.05, 0.1) is 27.4 Å². The molecule has 0 saturated carbocycles. The van der Waals surface area contributed by atoms with Gasteiger partial charge in [0.1, 0.15) is 0 Å². The van der Waals surface area contributed by atoms with E-state index in [1.807, 2.05) is 25.1 Å². The van der Waals surface area contributed by atoms with Gasteiger partial charge in [-0.15, -0.1) is 0 Å². The number of benzene rings is 1. The summed E-state index contributed by atoms with van der Waals surface area (Å²) in [5, 5.41) is 3.14. The standard InChI is InChI=1S/C16H25NO4/c1-5-6-9-21-16(18)11-17-12(2)13-7-8-14(19-3)15(10-13)20-4/h7-8,10,12,17H,5-6,9,11H2,1-4H3. The van der Waals surface area contributed by atoms with E-state index in [9.17, 15) is 4.79 Å². The summed E-state index contributed by atoms with van der Waals surface area (Å²) in [5.74, 6) is 1.14. The fourth-order valence-electron chi connectivity index (χ4n) is 1.86. The molecule has 1 unspecified atom stereocenters. The highest BCUT2D eigenvalue weighted by molar-refractivity contribution is 5.71. The summed E-state index contributed by atoms with van der Waals surface area (Å²) < 4.78 is 15.6. The molecule has 0 radical (unpaired) electrons. The van der Waals surface area contributed by atoms with Crippen molar-refractivity contribution >= 4 is 5.97 Å². The lowest BCUT2D eigenvalue weighted by Crippen LogP contribution is -2.27. The van der Waals surface area contributed by atoms with Gasteiger partial charge in [-0.2, -0.15) is 0 Å². The summed E-state index contributed by atoms with van der Waals surface area (Å²) in [4.78, 5) is 11.5. The number of carbonyl (C=O) groups is 1. The number of rotatable bonds is 9. The Morgan fingerprint density at radius 2 is 1.95 bits per heavy atom. The second kappa shape index (κ2) is 9.23. The van der Waals surface area contributed by atoms with Crippen LogP contribution in [-0.4, -0.2) is 33.3 Å². The van der Waals surface area contributed by atoms with Crippen LogP contribution in [0.15, 0.2) is 18.2 Å². The van der Waals surface area contributed by atoms with Crippen LogP contribution in [-0.2, 0) is 9.53 Å². The van der Waals surface area contributed by atoms with Gasteiger partial charge in [-0.25, -0.2) is 0 Å². The smallest absolute Gasteiger partial charge is 0.319 e. The molecule has 1 N–H and O–H groups in total. The van der Waals surface area contributed by atoms with E-state index in [-0.39, 0.29) is 18.6 Å². The van der Waals surface area contributed by atoms with Crippen LogP contribution in [0.2, 0.25) is 0 Å². The van der Waals surface area contributed by atoms with Crippen molar-refractivity contribution in [1.82, 2.24) is 5.32 Å². The molecule has 0 aliphatic carbocycles. The molecular weight excluding hydrogens is 270 g/mol. The van der Waals surface area contributed by atoms with Gasteiger partial charge in [-0.3, -0.25) is 4.79 Å². The van der Waals surface area contributed by atoms with Gasteiger partial charge in [0.15, 0.2) is 11.5 Å². The highest BCUT2D eigenvalue weighted by Gasteiger charge is 2.11. The minimum Gasteiger partial charge on any atom is -0.493 e. The summed E-state index contributed by atoms with van der Waals surface area (Å²) in [7, 11) is 3.20. The highest BCUT2D eigenvalue weighted by Crippen LogP contribution is 2.29. The zero-order chi connectivity index (χ0) is 15.7. The van der Waals surface area contributed by atoms with Crippen molar-refractivity contribution in [3.05, 3.63) is 23.8 Å². The quantitative estimate of drug-likeness (QED) is 0.561. The Labute approximate surface area is 126 Å². The Kier molecular flexibility index (Phi) is 7.61. The van der Waals surface area contributed by atoms with Crippen molar-refractivity contribution in [1.29, 1.82) is 0 Å². The largest absolute Gasteiger partial charge is 0.493 e. The number of hydrogen-bond acceptors (Lipinski definition) is 5. The maximum absolute atomic E-state index is 11.5. The van der Waals surface area contributed by atoms with Gasteiger partial charge in [0, 0.05) is 6.04 Å². The lowest BCUT2D eigenvalue weighted by atomic mass is 10.1.